The summed E-state index contributed by atoms with van der Waals surface area (Å²) in [6, 6.07) is 7.99. The summed E-state index contributed by atoms with van der Waals surface area (Å²) in [4.78, 5) is 4.27. The molecule has 0 aliphatic carbocycles. The van der Waals surface area contributed by atoms with Gasteiger partial charge in [0.25, 0.3) is 0 Å². The Labute approximate surface area is 112 Å². The predicted molar refractivity (Wildman–Crippen MR) is 72.5 cm³/mol. The van der Waals surface area contributed by atoms with Crippen molar-refractivity contribution < 1.29 is 9.84 Å². The number of methoxy groups -OCH3 is 1. The fourth-order valence-corrected chi connectivity index (χ4v) is 1.92. The Bertz CT molecular complexity index is 525. The third-order valence-electron chi connectivity index (χ3n) is 2.97. The Morgan fingerprint density at radius 1 is 1.42 bits per heavy atom. The fourth-order valence-electron chi connectivity index (χ4n) is 1.92. The van der Waals surface area contributed by atoms with Gasteiger partial charge in [-0.25, -0.2) is 9.67 Å². The van der Waals surface area contributed by atoms with Crippen LogP contribution in [0.2, 0.25) is 0 Å². The average molecular weight is 261 g/mol. The maximum absolute atomic E-state index is 9.73. The molecule has 1 atom stereocenters. The SMILES string of the molecule is CC[C@H](O)Cn1ncnc1-c1cccc(COC)c1. The molecule has 102 valence electrons. The number of aliphatic hydroxyl groups is 1. The molecule has 2 rings (SSSR count). The third kappa shape index (κ3) is 3.39. The second-order valence-corrected chi connectivity index (χ2v) is 4.46. The van der Waals surface area contributed by atoms with Gasteiger partial charge in [-0.15, -0.1) is 0 Å². The molecule has 0 spiro atoms. The van der Waals surface area contributed by atoms with E-state index < -0.39 is 6.10 Å². The molecular weight excluding hydrogens is 242 g/mol. The van der Waals surface area contributed by atoms with E-state index in [1.54, 1.807) is 11.8 Å². The minimum atomic E-state index is -0.400. The van der Waals surface area contributed by atoms with Crippen molar-refractivity contribution in [2.75, 3.05) is 7.11 Å². The van der Waals surface area contributed by atoms with Gasteiger partial charge in [-0.1, -0.05) is 25.1 Å². The first-order valence-corrected chi connectivity index (χ1v) is 6.38. The second-order valence-electron chi connectivity index (χ2n) is 4.46. The van der Waals surface area contributed by atoms with Crippen molar-refractivity contribution in [3.05, 3.63) is 36.2 Å². The lowest BCUT2D eigenvalue weighted by molar-refractivity contribution is 0.146. The average Bonchev–Trinajstić information content (AvgIpc) is 2.87. The highest BCUT2D eigenvalue weighted by Gasteiger charge is 2.11. The van der Waals surface area contributed by atoms with Crippen LogP contribution in [0.15, 0.2) is 30.6 Å². The first kappa shape index (κ1) is 13.7. The Morgan fingerprint density at radius 3 is 3.00 bits per heavy atom. The van der Waals surface area contributed by atoms with Crippen molar-refractivity contribution in [1.29, 1.82) is 0 Å². The molecule has 0 unspecified atom stereocenters. The molecule has 0 bridgehead atoms. The van der Waals surface area contributed by atoms with E-state index in [1.807, 2.05) is 31.2 Å². The van der Waals surface area contributed by atoms with Gasteiger partial charge in [0.15, 0.2) is 5.82 Å². The Hall–Kier alpha value is -1.72. The molecule has 2 aromatic rings. The normalized spacial score (nSPS) is 12.6. The van der Waals surface area contributed by atoms with Gasteiger partial charge in [-0.05, 0) is 18.1 Å². The van der Waals surface area contributed by atoms with E-state index in [4.69, 9.17) is 4.74 Å². The molecular formula is C14H19N3O2. The summed E-state index contributed by atoms with van der Waals surface area (Å²) in [5.74, 6) is 0.769. The summed E-state index contributed by atoms with van der Waals surface area (Å²) in [7, 11) is 1.67. The van der Waals surface area contributed by atoms with Crippen molar-refractivity contribution in [3.8, 4) is 11.4 Å². The number of hydrogen-bond acceptors (Lipinski definition) is 4. The summed E-state index contributed by atoms with van der Waals surface area (Å²) in [6.45, 7) is 2.97. The highest BCUT2D eigenvalue weighted by atomic mass is 16.5. The third-order valence-corrected chi connectivity index (χ3v) is 2.97. The first-order valence-electron chi connectivity index (χ1n) is 6.38. The molecule has 0 radical (unpaired) electrons. The van der Waals surface area contributed by atoms with Crippen molar-refractivity contribution >= 4 is 0 Å². The Kier molecular flexibility index (Phi) is 4.65. The summed E-state index contributed by atoms with van der Waals surface area (Å²) in [5.41, 5.74) is 2.07. The van der Waals surface area contributed by atoms with E-state index in [0.717, 1.165) is 17.0 Å². The zero-order chi connectivity index (χ0) is 13.7. The molecule has 5 nitrogen and oxygen atoms in total. The molecule has 1 heterocycles. The minimum Gasteiger partial charge on any atom is -0.391 e. The molecule has 0 saturated heterocycles. The van der Waals surface area contributed by atoms with Crippen LogP contribution in [-0.2, 0) is 17.9 Å². The molecule has 5 heteroatoms. The van der Waals surface area contributed by atoms with E-state index in [-0.39, 0.29) is 0 Å². The van der Waals surface area contributed by atoms with Crippen molar-refractivity contribution in [1.82, 2.24) is 14.8 Å². The number of benzene rings is 1. The van der Waals surface area contributed by atoms with Gasteiger partial charge >= 0.3 is 0 Å². The summed E-state index contributed by atoms with van der Waals surface area (Å²) in [6.07, 6.45) is 1.81. The second kappa shape index (κ2) is 6.45. The number of aliphatic hydroxyl groups excluding tert-OH is 1. The van der Waals surface area contributed by atoms with Crippen LogP contribution in [0, 0.1) is 0 Å². The molecule has 1 aromatic carbocycles. The van der Waals surface area contributed by atoms with Crippen LogP contribution in [0.4, 0.5) is 0 Å². The lowest BCUT2D eigenvalue weighted by atomic mass is 10.1. The molecule has 0 fully saturated rings. The quantitative estimate of drug-likeness (QED) is 0.862. The summed E-state index contributed by atoms with van der Waals surface area (Å²) < 4.78 is 6.87. The molecule has 0 aliphatic rings. The molecule has 1 aromatic heterocycles. The maximum Gasteiger partial charge on any atom is 0.158 e. The number of rotatable bonds is 6. The topological polar surface area (TPSA) is 60.2 Å². The smallest absolute Gasteiger partial charge is 0.158 e. The molecule has 0 saturated carbocycles. The standard InChI is InChI=1S/C14H19N3O2/c1-3-13(18)8-17-14(15-10-16-17)12-6-4-5-11(7-12)9-19-2/h4-7,10,13,18H,3,8-9H2,1-2H3/t13-/m0/s1. The number of nitrogens with zero attached hydrogens (tertiary/aromatic N) is 3. The van der Waals surface area contributed by atoms with E-state index in [2.05, 4.69) is 10.1 Å². The number of hydrogen-bond donors (Lipinski definition) is 1. The van der Waals surface area contributed by atoms with E-state index in [9.17, 15) is 5.11 Å². The number of ether oxygens (including phenoxy) is 1. The van der Waals surface area contributed by atoms with Crippen molar-refractivity contribution in [3.63, 3.8) is 0 Å². The van der Waals surface area contributed by atoms with Gasteiger partial charge in [0.05, 0.1) is 19.3 Å². The van der Waals surface area contributed by atoms with Crippen LogP contribution in [0.25, 0.3) is 11.4 Å². The van der Waals surface area contributed by atoms with E-state index in [0.29, 0.717) is 19.6 Å². The largest absolute Gasteiger partial charge is 0.391 e. The molecule has 0 aliphatic heterocycles. The summed E-state index contributed by atoms with van der Waals surface area (Å²) in [5, 5.41) is 13.9. The molecule has 19 heavy (non-hydrogen) atoms. The fraction of sp³-hybridized carbons (Fsp3) is 0.429. The Morgan fingerprint density at radius 2 is 2.26 bits per heavy atom. The predicted octanol–water partition coefficient (Wildman–Crippen LogP) is 1.86. The monoisotopic (exact) mass is 261 g/mol. The van der Waals surface area contributed by atoms with Gasteiger partial charge in [-0.2, -0.15) is 5.10 Å². The summed E-state index contributed by atoms with van der Waals surface area (Å²) >= 11 is 0. The van der Waals surface area contributed by atoms with Gasteiger partial charge in [0.2, 0.25) is 0 Å². The van der Waals surface area contributed by atoms with E-state index in [1.165, 1.54) is 6.33 Å². The van der Waals surface area contributed by atoms with Crippen LogP contribution in [0.5, 0.6) is 0 Å². The minimum absolute atomic E-state index is 0.400. The maximum atomic E-state index is 9.73. The lowest BCUT2D eigenvalue weighted by Crippen LogP contribution is -2.16. The lowest BCUT2D eigenvalue weighted by Gasteiger charge is -2.10. The van der Waals surface area contributed by atoms with Crippen LogP contribution in [0.1, 0.15) is 18.9 Å². The highest BCUT2D eigenvalue weighted by Crippen LogP contribution is 2.18. The first-order chi connectivity index (χ1) is 9.24. The number of aromatic nitrogens is 3. The molecule has 0 amide bonds. The van der Waals surface area contributed by atoms with Gasteiger partial charge in [0.1, 0.15) is 6.33 Å². The zero-order valence-corrected chi connectivity index (χ0v) is 11.3. The molecule has 1 N–H and O–H groups in total. The van der Waals surface area contributed by atoms with Crippen molar-refractivity contribution in [2.24, 2.45) is 0 Å². The van der Waals surface area contributed by atoms with Crippen LogP contribution in [0.3, 0.4) is 0 Å². The Balaban J connectivity index is 2.26. The van der Waals surface area contributed by atoms with Crippen LogP contribution >= 0.6 is 0 Å². The van der Waals surface area contributed by atoms with Crippen LogP contribution < -0.4 is 0 Å². The van der Waals surface area contributed by atoms with Crippen molar-refractivity contribution in [2.45, 2.75) is 32.6 Å². The van der Waals surface area contributed by atoms with Gasteiger partial charge in [-0.3, -0.25) is 0 Å². The van der Waals surface area contributed by atoms with Crippen LogP contribution in [-0.4, -0.2) is 33.1 Å². The highest BCUT2D eigenvalue weighted by molar-refractivity contribution is 5.56. The van der Waals surface area contributed by atoms with E-state index >= 15 is 0 Å². The van der Waals surface area contributed by atoms with Gasteiger partial charge < -0.3 is 9.84 Å². The zero-order valence-electron chi connectivity index (χ0n) is 11.3. The van der Waals surface area contributed by atoms with Gasteiger partial charge in [0, 0.05) is 12.7 Å².